The molecule has 14 heavy (non-hydrogen) atoms. The highest BCUT2D eigenvalue weighted by atomic mass is 15.2. The molecule has 1 heterocycles. The van der Waals surface area contributed by atoms with Crippen LogP contribution in [-0.4, -0.2) is 21.5 Å². The van der Waals surface area contributed by atoms with E-state index in [4.69, 9.17) is 11.5 Å². The molecule has 0 aromatic carbocycles. The molecule has 0 aliphatic carbocycles. The number of nitrogens with zero attached hydrogens (tertiary/aromatic N) is 3. The highest BCUT2D eigenvalue weighted by molar-refractivity contribution is 5.36. The molecule has 1 rings (SSSR count). The van der Waals surface area contributed by atoms with E-state index >= 15 is 0 Å². The van der Waals surface area contributed by atoms with Gasteiger partial charge in [-0.2, -0.15) is 15.0 Å². The van der Waals surface area contributed by atoms with Gasteiger partial charge in [0.25, 0.3) is 0 Å². The van der Waals surface area contributed by atoms with Crippen LogP contribution in [0.1, 0.15) is 26.2 Å². The fourth-order valence-corrected chi connectivity index (χ4v) is 1.06. The number of rotatable bonds is 5. The number of unbranched alkanes of at least 4 members (excludes halogenated alkanes) is 2. The van der Waals surface area contributed by atoms with Crippen LogP contribution in [0.25, 0.3) is 0 Å². The quantitative estimate of drug-likeness (QED) is 0.597. The standard InChI is InChI=1S/C8H16N6/c1-2-3-4-5-11-8-13-6(9)12-7(10)14-8/h2-5H2,1H3,(H5,9,10,11,12,13,14). The maximum absolute atomic E-state index is 5.41. The van der Waals surface area contributed by atoms with Crippen LogP contribution in [0.15, 0.2) is 0 Å². The molecule has 0 fully saturated rings. The summed E-state index contributed by atoms with van der Waals surface area (Å²) in [4.78, 5) is 11.5. The van der Waals surface area contributed by atoms with E-state index in [9.17, 15) is 0 Å². The first kappa shape index (κ1) is 10.5. The van der Waals surface area contributed by atoms with Gasteiger partial charge in [-0.25, -0.2) is 0 Å². The van der Waals surface area contributed by atoms with Crippen LogP contribution in [0.5, 0.6) is 0 Å². The zero-order chi connectivity index (χ0) is 10.4. The van der Waals surface area contributed by atoms with Crippen LogP contribution in [0.3, 0.4) is 0 Å². The normalized spacial score (nSPS) is 10.1. The average Bonchev–Trinajstić information content (AvgIpc) is 2.11. The minimum atomic E-state index is 0.149. The molecular weight excluding hydrogens is 180 g/mol. The zero-order valence-corrected chi connectivity index (χ0v) is 8.32. The van der Waals surface area contributed by atoms with Gasteiger partial charge in [-0.1, -0.05) is 19.8 Å². The van der Waals surface area contributed by atoms with Gasteiger partial charge in [-0.3, -0.25) is 0 Å². The third-order valence-electron chi connectivity index (χ3n) is 1.73. The van der Waals surface area contributed by atoms with E-state index in [-0.39, 0.29) is 11.9 Å². The Balaban J connectivity index is 2.42. The second kappa shape index (κ2) is 5.21. The Morgan fingerprint density at radius 3 is 2.29 bits per heavy atom. The molecule has 6 heteroatoms. The molecule has 0 bridgehead atoms. The van der Waals surface area contributed by atoms with Crippen molar-refractivity contribution in [1.29, 1.82) is 0 Å². The molecule has 6 nitrogen and oxygen atoms in total. The van der Waals surface area contributed by atoms with Gasteiger partial charge >= 0.3 is 0 Å². The fraction of sp³-hybridized carbons (Fsp3) is 0.625. The number of hydrogen-bond donors (Lipinski definition) is 3. The van der Waals surface area contributed by atoms with Crippen LogP contribution < -0.4 is 16.8 Å². The maximum atomic E-state index is 5.41. The topological polar surface area (TPSA) is 103 Å². The monoisotopic (exact) mass is 196 g/mol. The van der Waals surface area contributed by atoms with Crippen LogP contribution in [0.4, 0.5) is 17.8 Å². The van der Waals surface area contributed by atoms with Crippen molar-refractivity contribution in [2.75, 3.05) is 23.3 Å². The molecule has 0 atom stereocenters. The van der Waals surface area contributed by atoms with Crippen molar-refractivity contribution in [2.45, 2.75) is 26.2 Å². The van der Waals surface area contributed by atoms with Gasteiger partial charge in [0.15, 0.2) is 0 Å². The maximum Gasteiger partial charge on any atom is 0.229 e. The summed E-state index contributed by atoms with van der Waals surface area (Å²) in [7, 11) is 0. The van der Waals surface area contributed by atoms with Crippen molar-refractivity contribution in [1.82, 2.24) is 15.0 Å². The molecule has 0 radical (unpaired) electrons. The van der Waals surface area contributed by atoms with E-state index in [0.29, 0.717) is 5.95 Å². The summed E-state index contributed by atoms with van der Waals surface area (Å²) in [5, 5.41) is 3.04. The van der Waals surface area contributed by atoms with Crippen molar-refractivity contribution >= 4 is 17.8 Å². The van der Waals surface area contributed by atoms with Gasteiger partial charge in [0.2, 0.25) is 17.8 Å². The van der Waals surface area contributed by atoms with Gasteiger partial charge in [-0.05, 0) is 6.42 Å². The van der Waals surface area contributed by atoms with Crippen LogP contribution in [0.2, 0.25) is 0 Å². The van der Waals surface area contributed by atoms with Gasteiger partial charge < -0.3 is 16.8 Å². The largest absolute Gasteiger partial charge is 0.368 e. The summed E-state index contributed by atoms with van der Waals surface area (Å²) in [5.74, 6) is 0.747. The summed E-state index contributed by atoms with van der Waals surface area (Å²) in [6.45, 7) is 2.98. The van der Waals surface area contributed by atoms with Gasteiger partial charge in [-0.15, -0.1) is 0 Å². The Bertz CT molecular complexity index is 267. The zero-order valence-electron chi connectivity index (χ0n) is 8.32. The lowest BCUT2D eigenvalue weighted by Gasteiger charge is -2.04. The van der Waals surface area contributed by atoms with Crippen molar-refractivity contribution < 1.29 is 0 Å². The molecule has 0 spiro atoms. The smallest absolute Gasteiger partial charge is 0.229 e. The van der Waals surface area contributed by atoms with E-state index in [2.05, 4.69) is 27.2 Å². The molecule has 5 N–H and O–H groups in total. The third-order valence-corrected chi connectivity index (χ3v) is 1.73. The Morgan fingerprint density at radius 1 is 1.07 bits per heavy atom. The lowest BCUT2D eigenvalue weighted by atomic mass is 10.2. The Kier molecular flexibility index (Phi) is 3.90. The van der Waals surface area contributed by atoms with Crippen molar-refractivity contribution in [3.63, 3.8) is 0 Å². The molecule has 78 valence electrons. The highest BCUT2D eigenvalue weighted by Gasteiger charge is 1.99. The number of hydrogen-bond acceptors (Lipinski definition) is 6. The summed E-state index contributed by atoms with van der Waals surface area (Å²) in [5.41, 5.74) is 10.8. The lowest BCUT2D eigenvalue weighted by Crippen LogP contribution is -2.10. The van der Waals surface area contributed by atoms with Crippen molar-refractivity contribution in [3.8, 4) is 0 Å². The number of nitrogens with one attached hydrogen (secondary N) is 1. The van der Waals surface area contributed by atoms with Gasteiger partial charge in [0.1, 0.15) is 0 Å². The molecule has 0 amide bonds. The van der Waals surface area contributed by atoms with Gasteiger partial charge in [0, 0.05) is 6.54 Å². The summed E-state index contributed by atoms with van der Waals surface area (Å²) in [6.07, 6.45) is 3.45. The van der Waals surface area contributed by atoms with E-state index in [1.807, 2.05) is 0 Å². The minimum absolute atomic E-state index is 0.149. The van der Waals surface area contributed by atoms with Crippen LogP contribution in [0, 0.1) is 0 Å². The average molecular weight is 196 g/mol. The third kappa shape index (κ3) is 3.42. The van der Waals surface area contributed by atoms with Crippen LogP contribution >= 0.6 is 0 Å². The second-order valence-corrected chi connectivity index (χ2v) is 3.01. The Morgan fingerprint density at radius 2 is 1.71 bits per heavy atom. The molecule has 0 saturated carbocycles. The predicted molar refractivity (Wildman–Crippen MR) is 56.7 cm³/mol. The summed E-state index contributed by atoms with van der Waals surface area (Å²) in [6, 6.07) is 0. The highest BCUT2D eigenvalue weighted by Crippen LogP contribution is 2.03. The number of aromatic nitrogens is 3. The number of anilines is 3. The molecule has 0 saturated heterocycles. The molecular formula is C8H16N6. The SMILES string of the molecule is CCCCCNc1nc(N)nc(N)n1. The minimum Gasteiger partial charge on any atom is -0.368 e. The fourth-order valence-electron chi connectivity index (χ4n) is 1.06. The molecule has 0 aliphatic rings. The summed E-state index contributed by atoms with van der Waals surface area (Å²) >= 11 is 0. The van der Waals surface area contributed by atoms with E-state index in [1.54, 1.807) is 0 Å². The molecule has 0 aliphatic heterocycles. The van der Waals surface area contributed by atoms with Crippen molar-refractivity contribution in [3.05, 3.63) is 0 Å². The molecule has 1 aromatic heterocycles. The Hall–Kier alpha value is -1.59. The first-order chi connectivity index (χ1) is 6.72. The van der Waals surface area contributed by atoms with Gasteiger partial charge in [0.05, 0.1) is 0 Å². The lowest BCUT2D eigenvalue weighted by molar-refractivity contribution is 0.740. The van der Waals surface area contributed by atoms with Crippen LogP contribution in [-0.2, 0) is 0 Å². The summed E-state index contributed by atoms with van der Waals surface area (Å²) < 4.78 is 0. The Labute approximate surface area is 83.1 Å². The number of nitrogens with two attached hydrogens (primary N) is 2. The molecule has 0 unspecified atom stereocenters. The number of nitrogen functional groups attached to an aromatic ring is 2. The first-order valence-corrected chi connectivity index (χ1v) is 4.73. The van der Waals surface area contributed by atoms with E-state index < -0.39 is 0 Å². The van der Waals surface area contributed by atoms with Crippen molar-refractivity contribution in [2.24, 2.45) is 0 Å². The second-order valence-electron chi connectivity index (χ2n) is 3.01. The predicted octanol–water partition coefficient (Wildman–Crippen LogP) is 0.638. The molecule has 1 aromatic rings. The van der Waals surface area contributed by atoms with E-state index in [0.717, 1.165) is 13.0 Å². The first-order valence-electron chi connectivity index (χ1n) is 4.73. The van der Waals surface area contributed by atoms with E-state index in [1.165, 1.54) is 12.8 Å².